The molecule has 0 saturated carbocycles. The number of fused-ring (bicyclic) bond motifs is 1. The van der Waals surface area contributed by atoms with Crippen molar-refractivity contribution >= 4 is 17.5 Å². The van der Waals surface area contributed by atoms with Crippen molar-refractivity contribution in [1.29, 1.82) is 0 Å². The summed E-state index contributed by atoms with van der Waals surface area (Å²) in [5.74, 6) is -1.01. The highest BCUT2D eigenvalue weighted by Gasteiger charge is 2.50. The van der Waals surface area contributed by atoms with Crippen molar-refractivity contribution in [3.8, 4) is 0 Å². The van der Waals surface area contributed by atoms with Crippen LogP contribution in [0.3, 0.4) is 0 Å². The molecule has 1 saturated heterocycles. The zero-order valence-electron chi connectivity index (χ0n) is 22.6. The van der Waals surface area contributed by atoms with Crippen molar-refractivity contribution in [3.63, 3.8) is 0 Å². The third kappa shape index (κ3) is 4.89. The first kappa shape index (κ1) is 26.5. The van der Waals surface area contributed by atoms with E-state index in [0.717, 1.165) is 36.0 Å². The number of piperidine rings is 1. The van der Waals surface area contributed by atoms with Crippen LogP contribution in [0.2, 0.25) is 0 Å². The Morgan fingerprint density at radius 1 is 0.769 bits per heavy atom. The van der Waals surface area contributed by atoms with Gasteiger partial charge in [-0.2, -0.15) is 0 Å². The molecule has 5 rings (SSSR count). The Morgan fingerprint density at radius 3 is 1.87 bits per heavy atom. The minimum absolute atomic E-state index is 0.124. The van der Waals surface area contributed by atoms with E-state index < -0.39 is 17.4 Å². The molecule has 1 fully saturated rings. The van der Waals surface area contributed by atoms with E-state index in [1.165, 1.54) is 0 Å². The second-order valence-corrected chi connectivity index (χ2v) is 9.89. The molecule has 0 N–H and O–H groups in total. The van der Waals surface area contributed by atoms with Crippen molar-refractivity contribution in [1.82, 2.24) is 4.90 Å². The Hall–Kier alpha value is -4.12. The Balaban J connectivity index is 1.94. The zero-order chi connectivity index (χ0) is 27.2. The third-order valence-corrected chi connectivity index (χ3v) is 7.73. The fraction of sp³-hybridized carbons (Fsp3) is 0.294. The summed E-state index contributed by atoms with van der Waals surface area (Å²) in [6, 6.07) is 30.6. The topological polar surface area (TPSA) is 55.8 Å². The molecule has 0 aromatic heterocycles. The molecule has 3 aromatic carbocycles. The second-order valence-electron chi connectivity index (χ2n) is 9.89. The summed E-state index contributed by atoms with van der Waals surface area (Å²) in [6.45, 7) is 4.63. The van der Waals surface area contributed by atoms with E-state index in [0.29, 0.717) is 17.8 Å². The quantitative estimate of drug-likeness (QED) is 0.341. The van der Waals surface area contributed by atoms with Crippen molar-refractivity contribution in [2.24, 2.45) is 0 Å². The minimum Gasteiger partial charge on any atom is -0.462 e. The summed E-state index contributed by atoms with van der Waals surface area (Å²) in [6.07, 6.45) is 4.99. The molecule has 5 nitrogen and oxygen atoms in total. The van der Waals surface area contributed by atoms with Gasteiger partial charge in [-0.05, 0) is 55.4 Å². The number of nitrogens with zero attached hydrogens (tertiary/aromatic N) is 1. The fourth-order valence-electron chi connectivity index (χ4n) is 6.16. The van der Waals surface area contributed by atoms with E-state index in [9.17, 15) is 9.59 Å². The monoisotopic (exact) mass is 521 g/mol. The summed E-state index contributed by atoms with van der Waals surface area (Å²) in [4.78, 5) is 29.8. The highest BCUT2D eigenvalue weighted by molar-refractivity contribution is 6.13. The van der Waals surface area contributed by atoms with Gasteiger partial charge in [0.25, 0.3) is 0 Å². The van der Waals surface area contributed by atoms with Gasteiger partial charge in [0.1, 0.15) is 5.70 Å². The number of benzene rings is 3. The maximum Gasteiger partial charge on any atom is 0.355 e. The molecular formula is C34H35NO4. The van der Waals surface area contributed by atoms with E-state index in [1.807, 2.05) is 42.5 Å². The lowest BCUT2D eigenvalue weighted by molar-refractivity contribution is -0.143. The Bertz CT molecular complexity index is 1320. The van der Waals surface area contributed by atoms with E-state index in [2.05, 4.69) is 59.5 Å². The second kappa shape index (κ2) is 11.7. The SMILES string of the molecule is CCOC(=O)C1=C(C(=O)OCC)N2CCCCC2C(c2ccccc2)(c2ccccc2)C=C1c1ccccc1. The van der Waals surface area contributed by atoms with E-state index in [1.54, 1.807) is 13.8 Å². The molecule has 0 aliphatic carbocycles. The van der Waals surface area contributed by atoms with Crippen molar-refractivity contribution in [3.05, 3.63) is 125 Å². The number of hydrogen-bond acceptors (Lipinski definition) is 5. The first-order valence-corrected chi connectivity index (χ1v) is 13.9. The standard InChI is InChI=1S/C34H35NO4/c1-3-38-32(36)30-28(25-16-8-5-9-17-25)24-34(26-18-10-6-11-19-26,27-20-12-7-13-21-27)29-22-14-15-23-35(29)31(30)33(37)39-4-2/h5-13,16-21,24,29H,3-4,14-15,22-23H2,1-2H3. The summed E-state index contributed by atoms with van der Waals surface area (Å²) in [5.41, 5.74) is 3.65. The van der Waals surface area contributed by atoms with Gasteiger partial charge in [0.15, 0.2) is 0 Å². The Labute approximate surface area is 230 Å². The van der Waals surface area contributed by atoms with Crippen molar-refractivity contribution in [2.45, 2.75) is 44.6 Å². The molecule has 0 amide bonds. The number of carbonyl (C=O) groups excluding carboxylic acids is 2. The molecular weight excluding hydrogens is 486 g/mol. The van der Waals surface area contributed by atoms with E-state index in [4.69, 9.17) is 9.47 Å². The molecule has 1 atom stereocenters. The number of carbonyl (C=O) groups is 2. The van der Waals surface area contributed by atoms with Gasteiger partial charge < -0.3 is 14.4 Å². The van der Waals surface area contributed by atoms with Crippen LogP contribution in [0.25, 0.3) is 5.57 Å². The number of rotatable bonds is 7. The highest BCUT2D eigenvalue weighted by atomic mass is 16.5. The van der Waals surface area contributed by atoms with Gasteiger partial charge in [-0.3, -0.25) is 0 Å². The van der Waals surface area contributed by atoms with Crippen LogP contribution in [-0.2, 0) is 24.5 Å². The maximum absolute atomic E-state index is 13.9. The average molecular weight is 522 g/mol. The minimum atomic E-state index is -0.653. The molecule has 0 spiro atoms. The summed E-state index contributed by atoms with van der Waals surface area (Å²) in [5, 5.41) is 0. The molecule has 200 valence electrons. The van der Waals surface area contributed by atoms with E-state index >= 15 is 0 Å². The van der Waals surface area contributed by atoms with Crippen LogP contribution in [0.5, 0.6) is 0 Å². The molecule has 5 heteroatoms. The predicted molar refractivity (Wildman–Crippen MR) is 153 cm³/mol. The van der Waals surface area contributed by atoms with Crippen LogP contribution in [-0.4, -0.2) is 42.6 Å². The molecule has 0 radical (unpaired) electrons. The van der Waals surface area contributed by atoms with Gasteiger partial charge >= 0.3 is 11.9 Å². The number of hydrogen-bond donors (Lipinski definition) is 0. The van der Waals surface area contributed by atoms with Crippen LogP contribution in [0.1, 0.15) is 49.8 Å². The lowest BCUT2D eigenvalue weighted by Crippen LogP contribution is -2.53. The van der Waals surface area contributed by atoms with Crippen molar-refractivity contribution < 1.29 is 19.1 Å². The van der Waals surface area contributed by atoms with E-state index in [-0.39, 0.29) is 24.8 Å². The predicted octanol–water partition coefficient (Wildman–Crippen LogP) is 6.30. The highest BCUT2D eigenvalue weighted by Crippen LogP contribution is 2.49. The third-order valence-electron chi connectivity index (χ3n) is 7.73. The van der Waals surface area contributed by atoms with Gasteiger partial charge in [-0.25, -0.2) is 9.59 Å². The van der Waals surface area contributed by atoms with Crippen LogP contribution in [0.15, 0.2) is 108 Å². The molecule has 2 aliphatic rings. The summed E-state index contributed by atoms with van der Waals surface area (Å²) < 4.78 is 11.3. The average Bonchev–Trinajstić information content (AvgIpc) is 3.12. The van der Waals surface area contributed by atoms with Crippen LogP contribution < -0.4 is 0 Å². The molecule has 0 bridgehead atoms. The normalized spacial score (nSPS) is 18.5. The molecule has 2 aliphatic heterocycles. The summed E-state index contributed by atoms with van der Waals surface area (Å²) in [7, 11) is 0. The van der Waals surface area contributed by atoms with Gasteiger partial charge in [-0.1, -0.05) is 97.1 Å². The first-order valence-electron chi connectivity index (χ1n) is 13.9. The largest absolute Gasteiger partial charge is 0.462 e. The first-order chi connectivity index (χ1) is 19.1. The zero-order valence-corrected chi connectivity index (χ0v) is 22.6. The van der Waals surface area contributed by atoms with Crippen LogP contribution >= 0.6 is 0 Å². The number of esters is 2. The van der Waals surface area contributed by atoms with Crippen molar-refractivity contribution in [2.75, 3.05) is 19.8 Å². The number of ether oxygens (including phenoxy) is 2. The summed E-state index contributed by atoms with van der Waals surface area (Å²) >= 11 is 0. The van der Waals surface area contributed by atoms with Gasteiger partial charge in [0.2, 0.25) is 0 Å². The Kier molecular flexibility index (Phi) is 7.97. The van der Waals surface area contributed by atoms with Gasteiger partial charge in [0, 0.05) is 12.6 Å². The van der Waals surface area contributed by atoms with Crippen LogP contribution in [0, 0.1) is 0 Å². The fourth-order valence-corrected chi connectivity index (χ4v) is 6.16. The maximum atomic E-state index is 13.9. The molecule has 3 aromatic rings. The van der Waals surface area contributed by atoms with Crippen LogP contribution in [0.4, 0.5) is 0 Å². The smallest absolute Gasteiger partial charge is 0.355 e. The Morgan fingerprint density at radius 2 is 1.31 bits per heavy atom. The lowest BCUT2D eigenvalue weighted by Gasteiger charge is -2.48. The molecule has 39 heavy (non-hydrogen) atoms. The molecule has 2 heterocycles. The van der Waals surface area contributed by atoms with Gasteiger partial charge in [-0.15, -0.1) is 0 Å². The lowest BCUT2D eigenvalue weighted by atomic mass is 9.65. The van der Waals surface area contributed by atoms with Gasteiger partial charge in [0.05, 0.1) is 24.2 Å². The molecule has 1 unspecified atom stereocenters.